The largest absolute Gasteiger partial charge is 0.494 e. The van der Waals surface area contributed by atoms with E-state index in [1.165, 1.54) is 14.2 Å². The number of rotatable bonds is 11. The average molecular weight is 531 g/mol. The number of hydrogen-bond acceptors (Lipinski definition) is 7. The predicted molar refractivity (Wildman–Crippen MR) is 146 cm³/mol. The lowest BCUT2D eigenvalue weighted by molar-refractivity contribution is -0.123. The molecule has 1 aromatic heterocycles. The van der Waals surface area contributed by atoms with Crippen LogP contribution in [-0.4, -0.2) is 56.1 Å². The summed E-state index contributed by atoms with van der Waals surface area (Å²) in [5, 5.41) is 11.4. The summed E-state index contributed by atoms with van der Waals surface area (Å²) in [6, 6.07) is 10.0. The number of nitrogens with two attached hydrogens (primary N) is 1. The molecule has 0 bridgehead atoms. The summed E-state index contributed by atoms with van der Waals surface area (Å²) in [6.45, 7) is 5.38. The van der Waals surface area contributed by atoms with E-state index in [1.54, 1.807) is 50.2 Å². The highest BCUT2D eigenvalue weighted by molar-refractivity contribution is 7.92. The zero-order chi connectivity index (χ0) is 27.5. The Morgan fingerprint density at radius 1 is 1.08 bits per heavy atom. The van der Waals surface area contributed by atoms with E-state index in [-0.39, 0.29) is 18.7 Å². The molecule has 0 spiro atoms. The molecule has 10 nitrogen and oxygen atoms in total. The van der Waals surface area contributed by atoms with Crippen molar-refractivity contribution in [3.63, 3.8) is 0 Å². The first kappa shape index (κ1) is 27.9. The second kappa shape index (κ2) is 10.7. The van der Waals surface area contributed by atoms with Crippen molar-refractivity contribution in [2.75, 3.05) is 24.8 Å². The highest BCUT2D eigenvalue weighted by Gasteiger charge is 2.44. The van der Waals surface area contributed by atoms with Gasteiger partial charge in [0.2, 0.25) is 15.9 Å². The number of nitrogens with zero attached hydrogens (tertiary/aromatic N) is 2. The second-order valence-electron chi connectivity index (χ2n) is 8.66. The molecular weight excluding hydrogens is 496 g/mol. The van der Waals surface area contributed by atoms with Crippen LogP contribution in [-0.2, 0) is 14.8 Å². The number of amides is 1. The smallest absolute Gasteiger partial charge is 0.244 e. The van der Waals surface area contributed by atoms with Crippen molar-refractivity contribution in [2.45, 2.75) is 45.6 Å². The van der Waals surface area contributed by atoms with Crippen LogP contribution >= 0.6 is 0 Å². The molecule has 0 atom stereocenters. The molecule has 0 saturated heterocycles. The van der Waals surface area contributed by atoms with Gasteiger partial charge in [-0.25, -0.2) is 8.42 Å². The van der Waals surface area contributed by atoms with Crippen LogP contribution in [0.2, 0.25) is 0 Å². The first-order chi connectivity index (χ1) is 17.5. The lowest BCUT2D eigenvalue weighted by atomic mass is 9.91. The summed E-state index contributed by atoms with van der Waals surface area (Å²) < 4.78 is 37.4. The van der Waals surface area contributed by atoms with Gasteiger partial charge >= 0.3 is 0 Å². The van der Waals surface area contributed by atoms with E-state index in [0.29, 0.717) is 51.5 Å². The Morgan fingerprint density at radius 2 is 1.65 bits per heavy atom. The SMILES string of the molecule is CCC(=Nc1ccc(N(C(CC)(CC)C(N)=O)S(C)(=O)=O)cc1)c1c(O)[nH]c2cc(OC)c(OC)cc12. The number of fused-ring (bicyclic) bond motifs is 1. The average Bonchev–Trinajstić information content (AvgIpc) is 3.18. The maximum atomic E-state index is 12.8. The van der Waals surface area contributed by atoms with Crippen LogP contribution in [0.15, 0.2) is 41.4 Å². The van der Waals surface area contributed by atoms with Gasteiger partial charge in [0.05, 0.1) is 48.6 Å². The van der Waals surface area contributed by atoms with Gasteiger partial charge in [0.1, 0.15) is 5.54 Å². The van der Waals surface area contributed by atoms with E-state index in [0.717, 1.165) is 10.6 Å². The van der Waals surface area contributed by atoms with Crippen molar-refractivity contribution < 1.29 is 27.8 Å². The number of methoxy groups -OCH3 is 2. The van der Waals surface area contributed by atoms with Crippen LogP contribution in [0.5, 0.6) is 17.4 Å². The Hall–Kier alpha value is -3.73. The Morgan fingerprint density at radius 3 is 2.11 bits per heavy atom. The van der Waals surface area contributed by atoms with Crippen LogP contribution in [0.1, 0.15) is 45.6 Å². The van der Waals surface area contributed by atoms with Gasteiger partial charge in [0, 0.05) is 11.5 Å². The molecule has 0 saturated carbocycles. The van der Waals surface area contributed by atoms with E-state index < -0.39 is 21.5 Å². The lowest BCUT2D eigenvalue weighted by Gasteiger charge is -2.40. The number of benzene rings is 2. The Balaban J connectivity index is 2.11. The number of aromatic nitrogens is 1. The minimum atomic E-state index is -3.83. The van der Waals surface area contributed by atoms with Gasteiger partial charge in [0.15, 0.2) is 17.4 Å². The van der Waals surface area contributed by atoms with E-state index in [1.807, 2.05) is 6.92 Å². The van der Waals surface area contributed by atoms with Gasteiger partial charge in [-0.2, -0.15) is 0 Å². The highest BCUT2D eigenvalue weighted by Crippen LogP contribution is 2.38. The first-order valence-corrected chi connectivity index (χ1v) is 13.8. The number of carbonyl (C=O) groups is 1. The number of anilines is 1. The van der Waals surface area contributed by atoms with Crippen molar-refractivity contribution in [1.82, 2.24) is 4.98 Å². The molecule has 0 aliphatic heterocycles. The number of hydrogen-bond donors (Lipinski definition) is 3. The zero-order valence-corrected chi connectivity index (χ0v) is 22.8. The number of aromatic hydroxyl groups is 1. The van der Waals surface area contributed by atoms with Gasteiger partial charge < -0.3 is 25.3 Å². The number of primary amides is 1. The molecule has 3 rings (SSSR count). The molecule has 0 unspecified atom stereocenters. The number of carbonyl (C=O) groups excluding carboxylic acids is 1. The second-order valence-corrected chi connectivity index (χ2v) is 10.5. The summed E-state index contributed by atoms with van der Waals surface area (Å²) in [7, 11) is -0.751. The Kier molecular flexibility index (Phi) is 8.06. The molecule has 0 aliphatic rings. The number of ether oxygens (including phenoxy) is 2. The Bertz CT molecular complexity index is 1420. The fourth-order valence-corrected chi connectivity index (χ4v) is 6.16. The predicted octanol–water partition coefficient (Wildman–Crippen LogP) is 4.23. The standard InChI is InChI=1S/C26H34N4O6S/c1-7-19(23-18-14-21(35-4)22(36-5)15-20(18)29-24(23)31)28-16-10-12-17(13-11-16)30(37(6,33)34)26(8-2,9-3)25(27)32/h10-15,29,31H,7-9H2,1-6H3,(H2,27,32). The summed E-state index contributed by atoms with van der Waals surface area (Å²) >= 11 is 0. The first-order valence-electron chi connectivity index (χ1n) is 11.9. The fraction of sp³-hybridized carbons (Fsp3) is 0.385. The van der Waals surface area contributed by atoms with Gasteiger partial charge in [0.25, 0.3) is 0 Å². The number of nitrogens with one attached hydrogen (secondary N) is 1. The highest BCUT2D eigenvalue weighted by atomic mass is 32.2. The summed E-state index contributed by atoms with van der Waals surface area (Å²) in [5.41, 5.74) is 6.95. The number of aromatic amines is 1. The third-order valence-corrected chi connectivity index (χ3v) is 7.83. The maximum Gasteiger partial charge on any atom is 0.244 e. The molecule has 3 aromatic rings. The van der Waals surface area contributed by atoms with E-state index in [9.17, 15) is 18.3 Å². The maximum absolute atomic E-state index is 12.8. The van der Waals surface area contributed by atoms with Crippen molar-refractivity contribution in [1.29, 1.82) is 0 Å². The molecular formula is C26H34N4O6S. The number of sulfonamides is 1. The topological polar surface area (TPSA) is 147 Å². The molecule has 0 aliphatic carbocycles. The summed E-state index contributed by atoms with van der Waals surface area (Å²) in [4.78, 5) is 20.1. The third-order valence-electron chi connectivity index (χ3n) is 6.60. The van der Waals surface area contributed by atoms with E-state index in [4.69, 9.17) is 20.2 Å². The summed E-state index contributed by atoms with van der Waals surface area (Å²) in [5.74, 6) is 0.291. The normalized spacial score (nSPS) is 12.5. The van der Waals surface area contributed by atoms with Crippen LogP contribution in [0.4, 0.5) is 11.4 Å². The molecule has 200 valence electrons. The van der Waals surface area contributed by atoms with Gasteiger partial charge in [-0.1, -0.05) is 20.8 Å². The molecule has 0 radical (unpaired) electrons. The van der Waals surface area contributed by atoms with Crippen molar-refractivity contribution in [3.8, 4) is 17.4 Å². The molecule has 4 N–H and O–H groups in total. The van der Waals surface area contributed by atoms with Crippen LogP contribution in [0.3, 0.4) is 0 Å². The molecule has 2 aromatic carbocycles. The number of H-pyrrole nitrogens is 1. The molecule has 11 heteroatoms. The quantitative estimate of drug-likeness (QED) is 0.316. The molecule has 0 fully saturated rings. The van der Waals surface area contributed by atoms with E-state index >= 15 is 0 Å². The van der Waals surface area contributed by atoms with Gasteiger partial charge in [-0.15, -0.1) is 0 Å². The van der Waals surface area contributed by atoms with E-state index in [2.05, 4.69) is 4.98 Å². The van der Waals surface area contributed by atoms with Crippen LogP contribution in [0, 0.1) is 0 Å². The van der Waals surface area contributed by atoms with Crippen molar-refractivity contribution in [2.24, 2.45) is 10.7 Å². The minimum absolute atomic E-state index is 0.0390. The van der Waals surface area contributed by atoms with Crippen LogP contribution < -0.4 is 19.5 Å². The zero-order valence-electron chi connectivity index (χ0n) is 22.0. The third kappa shape index (κ3) is 5.08. The molecule has 1 amide bonds. The van der Waals surface area contributed by atoms with Crippen molar-refractivity contribution >= 4 is 43.9 Å². The minimum Gasteiger partial charge on any atom is -0.494 e. The fourth-order valence-electron chi connectivity index (χ4n) is 4.67. The van der Waals surface area contributed by atoms with Crippen molar-refractivity contribution in [3.05, 3.63) is 42.0 Å². The summed E-state index contributed by atoms with van der Waals surface area (Å²) in [6.07, 6.45) is 2.00. The monoisotopic (exact) mass is 530 g/mol. The van der Waals surface area contributed by atoms with Gasteiger partial charge in [-0.05, 0) is 49.6 Å². The molecule has 1 heterocycles. The lowest BCUT2D eigenvalue weighted by Crippen LogP contribution is -2.59. The molecule has 37 heavy (non-hydrogen) atoms. The number of aliphatic imine (C=N–C) groups is 1. The van der Waals surface area contributed by atoms with Gasteiger partial charge in [-0.3, -0.25) is 14.1 Å². The Labute approximate surface area is 217 Å². The van der Waals surface area contributed by atoms with Crippen LogP contribution in [0.25, 0.3) is 10.9 Å².